The molecule has 23 heavy (non-hydrogen) atoms. The van der Waals surface area contributed by atoms with Crippen LogP contribution in [0, 0.1) is 0 Å². The summed E-state index contributed by atoms with van der Waals surface area (Å²) in [7, 11) is 0. The highest BCUT2D eigenvalue weighted by molar-refractivity contribution is 5.62. The van der Waals surface area contributed by atoms with Crippen LogP contribution in [0.2, 0.25) is 0 Å². The lowest BCUT2D eigenvalue weighted by molar-refractivity contribution is -0.00554. The van der Waals surface area contributed by atoms with Crippen LogP contribution >= 0.6 is 0 Å². The van der Waals surface area contributed by atoms with Crippen LogP contribution in [0.5, 0.6) is 5.75 Å². The Kier molecular flexibility index (Phi) is 4.82. The molecular weight excluding hydrogens is 284 g/mol. The molecule has 2 aromatic rings. The Morgan fingerprint density at radius 3 is 2.65 bits per heavy atom. The Morgan fingerprint density at radius 2 is 1.91 bits per heavy atom. The second kappa shape index (κ2) is 7.01. The van der Waals surface area contributed by atoms with E-state index in [-0.39, 0.29) is 12.2 Å². The van der Waals surface area contributed by atoms with Crippen LogP contribution in [-0.2, 0) is 17.8 Å². The van der Waals surface area contributed by atoms with Crippen molar-refractivity contribution in [2.24, 2.45) is 0 Å². The molecule has 0 radical (unpaired) electrons. The largest absolute Gasteiger partial charge is 0.488 e. The average Bonchev–Trinajstić information content (AvgIpc) is 2.54. The maximum atomic E-state index is 6.26. The first-order valence-electron chi connectivity index (χ1n) is 8.29. The van der Waals surface area contributed by atoms with Gasteiger partial charge in [0.1, 0.15) is 12.4 Å². The summed E-state index contributed by atoms with van der Waals surface area (Å²) >= 11 is 0. The summed E-state index contributed by atoms with van der Waals surface area (Å²) in [6, 6.07) is 14.6. The maximum absolute atomic E-state index is 6.26. The van der Waals surface area contributed by atoms with Crippen molar-refractivity contribution in [1.29, 1.82) is 0 Å². The van der Waals surface area contributed by atoms with E-state index >= 15 is 0 Å². The SMILES string of the molecule is C/C=C/c1ccc2c(c1OCc1ccccc1)C[C@H](C)O[C@H]2C. The molecule has 0 bridgehead atoms. The zero-order chi connectivity index (χ0) is 16.2. The molecule has 1 aliphatic rings. The Balaban J connectivity index is 1.97. The highest BCUT2D eigenvalue weighted by Crippen LogP contribution is 2.38. The van der Waals surface area contributed by atoms with Gasteiger partial charge in [-0.3, -0.25) is 0 Å². The Morgan fingerprint density at radius 1 is 1.13 bits per heavy atom. The topological polar surface area (TPSA) is 18.5 Å². The molecule has 0 aromatic heterocycles. The van der Waals surface area contributed by atoms with Gasteiger partial charge in [-0.2, -0.15) is 0 Å². The lowest BCUT2D eigenvalue weighted by Gasteiger charge is -2.30. The summed E-state index contributed by atoms with van der Waals surface area (Å²) in [6.07, 6.45) is 5.41. The van der Waals surface area contributed by atoms with Crippen molar-refractivity contribution in [3.63, 3.8) is 0 Å². The number of fused-ring (bicyclic) bond motifs is 1. The zero-order valence-corrected chi connectivity index (χ0v) is 14.1. The third kappa shape index (κ3) is 3.48. The van der Waals surface area contributed by atoms with Crippen molar-refractivity contribution in [3.8, 4) is 5.75 Å². The molecule has 0 saturated heterocycles. The third-order valence-corrected chi connectivity index (χ3v) is 4.27. The highest BCUT2D eigenvalue weighted by atomic mass is 16.5. The van der Waals surface area contributed by atoms with Gasteiger partial charge in [-0.1, -0.05) is 54.6 Å². The van der Waals surface area contributed by atoms with Gasteiger partial charge in [0.15, 0.2) is 0 Å². The predicted molar refractivity (Wildman–Crippen MR) is 94.6 cm³/mol. The van der Waals surface area contributed by atoms with E-state index in [4.69, 9.17) is 9.47 Å². The molecule has 120 valence electrons. The van der Waals surface area contributed by atoms with Crippen LogP contribution in [0.25, 0.3) is 6.08 Å². The molecule has 1 heterocycles. The molecule has 3 rings (SSSR count). The molecule has 0 unspecified atom stereocenters. The van der Waals surface area contributed by atoms with E-state index in [0.717, 1.165) is 17.7 Å². The van der Waals surface area contributed by atoms with Crippen molar-refractivity contribution in [1.82, 2.24) is 0 Å². The van der Waals surface area contributed by atoms with E-state index in [1.54, 1.807) is 0 Å². The molecule has 1 aliphatic heterocycles. The minimum absolute atomic E-state index is 0.118. The van der Waals surface area contributed by atoms with E-state index in [1.165, 1.54) is 16.7 Å². The fourth-order valence-electron chi connectivity index (χ4n) is 3.22. The van der Waals surface area contributed by atoms with Crippen LogP contribution < -0.4 is 4.74 Å². The van der Waals surface area contributed by atoms with Crippen molar-refractivity contribution >= 4 is 6.08 Å². The lowest BCUT2D eigenvalue weighted by Crippen LogP contribution is -2.23. The number of benzene rings is 2. The van der Waals surface area contributed by atoms with Gasteiger partial charge in [0.25, 0.3) is 0 Å². The Hall–Kier alpha value is -2.06. The van der Waals surface area contributed by atoms with Crippen molar-refractivity contribution in [2.45, 2.75) is 46.0 Å². The van der Waals surface area contributed by atoms with Gasteiger partial charge in [0.05, 0.1) is 12.2 Å². The fraction of sp³-hybridized carbons (Fsp3) is 0.333. The Labute approximate surface area is 138 Å². The first-order chi connectivity index (χ1) is 11.2. The van der Waals surface area contributed by atoms with E-state index < -0.39 is 0 Å². The van der Waals surface area contributed by atoms with Crippen LogP contribution in [0.3, 0.4) is 0 Å². The quantitative estimate of drug-likeness (QED) is 0.761. The summed E-state index contributed by atoms with van der Waals surface area (Å²) in [5.74, 6) is 1.01. The summed E-state index contributed by atoms with van der Waals surface area (Å²) in [5.41, 5.74) is 4.87. The summed E-state index contributed by atoms with van der Waals surface area (Å²) in [6.45, 7) is 6.87. The molecule has 2 heteroatoms. The second-order valence-corrected chi connectivity index (χ2v) is 6.12. The number of hydrogen-bond donors (Lipinski definition) is 0. The van der Waals surface area contributed by atoms with Gasteiger partial charge in [-0.05, 0) is 31.9 Å². The number of allylic oxidation sites excluding steroid dienone is 1. The number of ether oxygens (including phenoxy) is 2. The minimum Gasteiger partial charge on any atom is -0.488 e. The van der Waals surface area contributed by atoms with E-state index in [0.29, 0.717) is 6.61 Å². The first-order valence-corrected chi connectivity index (χ1v) is 8.29. The van der Waals surface area contributed by atoms with Crippen LogP contribution in [-0.4, -0.2) is 6.10 Å². The van der Waals surface area contributed by atoms with Crippen molar-refractivity contribution in [2.75, 3.05) is 0 Å². The number of rotatable bonds is 4. The monoisotopic (exact) mass is 308 g/mol. The fourth-order valence-corrected chi connectivity index (χ4v) is 3.22. The van der Waals surface area contributed by atoms with Gasteiger partial charge >= 0.3 is 0 Å². The maximum Gasteiger partial charge on any atom is 0.130 e. The van der Waals surface area contributed by atoms with Gasteiger partial charge in [0.2, 0.25) is 0 Å². The van der Waals surface area contributed by atoms with Crippen LogP contribution in [0.15, 0.2) is 48.5 Å². The van der Waals surface area contributed by atoms with Gasteiger partial charge in [-0.25, -0.2) is 0 Å². The van der Waals surface area contributed by atoms with Crippen LogP contribution in [0.4, 0.5) is 0 Å². The third-order valence-electron chi connectivity index (χ3n) is 4.27. The molecule has 2 atom stereocenters. The minimum atomic E-state index is 0.118. The predicted octanol–water partition coefficient (Wildman–Crippen LogP) is 5.32. The first kappa shape index (κ1) is 15.8. The molecule has 0 N–H and O–H groups in total. The van der Waals surface area contributed by atoms with Gasteiger partial charge in [-0.15, -0.1) is 0 Å². The van der Waals surface area contributed by atoms with Gasteiger partial charge in [0, 0.05) is 17.5 Å². The second-order valence-electron chi connectivity index (χ2n) is 6.12. The summed E-state index contributed by atoms with van der Waals surface area (Å²) in [5, 5.41) is 0. The molecule has 0 aliphatic carbocycles. The summed E-state index contributed by atoms with van der Waals surface area (Å²) < 4.78 is 12.2. The normalized spacial score (nSPS) is 20.5. The molecule has 0 spiro atoms. The standard InChI is InChI=1S/C21H24O2/c1-4-8-18-11-12-19-16(3)23-15(2)13-20(19)21(18)22-14-17-9-6-5-7-10-17/h4-12,15-16H,13-14H2,1-3H3/b8-4+/t15-,16-/m0/s1. The molecule has 0 amide bonds. The van der Waals surface area contributed by atoms with Crippen molar-refractivity contribution < 1.29 is 9.47 Å². The Bertz CT molecular complexity index is 688. The summed E-state index contributed by atoms with van der Waals surface area (Å²) in [4.78, 5) is 0. The zero-order valence-electron chi connectivity index (χ0n) is 14.1. The van der Waals surface area contributed by atoms with Gasteiger partial charge < -0.3 is 9.47 Å². The van der Waals surface area contributed by atoms with E-state index in [2.05, 4.69) is 50.3 Å². The molecule has 0 saturated carbocycles. The molecule has 2 nitrogen and oxygen atoms in total. The van der Waals surface area contributed by atoms with E-state index in [9.17, 15) is 0 Å². The molecule has 0 fully saturated rings. The smallest absolute Gasteiger partial charge is 0.130 e. The van der Waals surface area contributed by atoms with E-state index in [1.807, 2.05) is 25.1 Å². The average molecular weight is 308 g/mol. The van der Waals surface area contributed by atoms with Crippen molar-refractivity contribution in [3.05, 3.63) is 70.8 Å². The van der Waals surface area contributed by atoms with Crippen LogP contribution in [0.1, 0.15) is 49.1 Å². The molecule has 2 aromatic carbocycles. The lowest BCUT2D eigenvalue weighted by atomic mass is 9.92. The highest BCUT2D eigenvalue weighted by Gasteiger charge is 2.26. The molecular formula is C21H24O2. The number of hydrogen-bond acceptors (Lipinski definition) is 2.